The molecule has 0 fully saturated rings. The maximum absolute atomic E-state index is 10.5. The summed E-state index contributed by atoms with van der Waals surface area (Å²) in [5.41, 5.74) is 0. The highest BCUT2D eigenvalue weighted by Gasteiger charge is 2.13. The van der Waals surface area contributed by atoms with Gasteiger partial charge in [-0.05, 0) is 22.0 Å². The largest absolute Gasteiger partial charge is 0.324 e. The van der Waals surface area contributed by atoms with Crippen molar-refractivity contribution in [3.8, 4) is 10.7 Å². The van der Waals surface area contributed by atoms with Gasteiger partial charge in [-0.3, -0.25) is 10.1 Å². The first kappa shape index (κ1) is 11.4. The monoisotopic (exact) mass is 319 g/mol. The van der Waals surface area contributed by atoms with Crippen LogP contribution < -0.4 is 0 Å². The summed E-state index contributed by atoms with van der Waals surface area (Å²) < 4.78 is 0.468. The van der Waals surface area contributed by atoms with Crippen LogP contribution in [0.5, 0.6) is 0 Å². The lowest BCUT2D eigenvalue weighted by Gasteiger charge is -1.97. The molecule has 0 N–H and O–H groups in total. The van der Waals surface area contributed by atoms with Crippen molar-refractivity contribution >= 4 is 43.9 Å². The van der Waals surface area contributed by atoms with Crippen LogP contribution in [0, 0.1) is 10.1 Å². The SMILES string of the molecule is O=[N+]([O-])c1ccc(-c2ncc(Cl)c(Br)n2)s1. The number of rotatable bonds is 2. The van der Waals surface area contributed by atoms with Crippen LogP contribution in [0.25, 0.3) is 10.7 Å². The molecule has 2 aromatic heterocycles. The van der Waals surface area contributed by atoms with Crippen LogP contribution in [0.3, 0.4) is 0 Å². The van der Waals surface area contributed by atoms with Crippen LogP contribution in [0.2, 0.25) is 5.02 Å². The molecular weight excluding hydrogens is 318 g/mol. The fraction of sp³-hybridized carbons (Fsp3) is 0. The second kappa shape index (κ2) is 4.44. The third-order valence-corrected chi connectivity index (χ3v) is 3.84. The normalized spacial score (nSPS) is 10.4. The Morgan fingerprint density at radius 1 is 1.50 bits per heavy atom. The average Bonchev–Trinajstić information content (AvgIpc) is 2.71. The molecule has 8 heteroatoms. The van der Waals surface area contributed by atoms with Crippen molar-refractivity contribution in [2.45, 2.75) is 0 Å². The molecule has 0 saturated heterocycles. The molecule has 0 amide bonds. The lowest BCUT2D eigenvalue weighted by Crippen LogP contribution is -1.87. The van der Waals surface area contributed by atoms with E-state index in [-0.39, 0.29) is 5.00 Å². The quantitative estimate of drug-likeness (QED) is 0.482. The van der Waals surface area contributed by atoms with E-state index in [1.807, 2.05) is 0 Å². The van der Waals surface area contributed by atoms with Crippen LogP contribution in [-0.2, 0) is 0 Å². The number of nitrogens with zero attached hydrogens (tertiary/aromatic N) is 3. The molecule has 0 aliphatic rings. The molecule has 2 rings (SSSR count). The summed E-state index contributed by atoms with van der Waals surface area (Å²) in [5, 5.41) is 11.0. The second-order valence-corrected chi connectivity index (χ2v) is 4.95. The maximum atomic E-state index is 10.5. The van der Waals surface area contributed by atoms with Crippen LogP contribution >= 0.6 is 38.9 Å². The molecule has 2 heterocycles. The van der Waals surface area contributed by atoms with E-state index >= 15 is 0 Å². The first-order chi connectivity index (χ1) is 7.58. The van der Waals surface area contributed by atoms with E-state index in [2.05, 4.69) is 25.9 Å². The summed E-state index contributed by atoms with van der Waals surface area (Å²) in [5.74, 6) is 0.411. The van der Waals surface area contributed by atoms with Gasteiger partial charge in [0.15, 0.2) is 5.82 Å². The Morgan fingerprint density at radius 3 is 2.81 bits per heavy atom. The first-order valence-corrected chi connectivity index (χ1v) is 5.99. The van der Waals surface area contributed by atoms with E-state index in [0.717, 1.165) is 11.3 Å². The zero-order chi connectivity index (χ0) is 11.7. The molecule has 0 atom stereocenters. The van der Waals surface area contributed by atoms with Gasteiger partial charge in [-0.15, -0.1) is 0 Å². The van der Waals surface area contributed by atoms with Crippen molar-refractivity contribution in [2.75, 3.05) is 0 Å². The smallest absolute Gasteiger partial charge is 0.258 e. The van der Waals surface area contributed by atoms with Gasteiger partial charge in [0.05, 0.1) is 21.0 Å². The van der Waals surface area contributed by atoms with E-state index in [1.165, 1.54) is 12.3 Å². The minimum atomic E-state index is -0.445. The van der Waals surface area contributed by atoms with Crippen LogP contribution in [0.1, 0.15) is 0 Å². The molecule has 0 bridgehead atoms. The summed E-state index contributed by atoms with van der Waals surface area (Å²) in [6.45, 7) is 0. The van der Waals surface area contributed by atoms with E-state index in [9.17, 15) is 10.1 Å². The van der Waals surface area contributed by atoms with E-state index < -0.39 is 4.92 Å². The van der Waals surface area contributed by atoms with Gasteiger partial charge in [-0.2, -0.15) is 0 Å². The van der Waals surface area contributed by atoms with Crippen LogP contribution in [-0.4, -0.2) is 14.9 Å². The molecule has 2 aromatic rings. The minimum Gasteiger partial charge on any atom is -0.258 e. The molecule has 5 nitrogen and oxygen atoms in total. The zero-order valence-electron chi connectivity index (χ0n) is 7.55. The molecular formula is C8H3BrClN3O2S. The van der Waals surface area contributed by atoms with Crippen LogP contribution in [0.15, 0.2) is 22.9 Å². The third-order valence-electron chi connectivity index (χ3n) is 1.69. The minimum absolute atomic E-state index is 0.0599. The molecule has 0 aliphatic carbocycles. The molecule has 0 aromatic carbocycles. The van der Waals surface area contributed by atoms with Gasteiger partial charge in [-0.1, -0.05) is 22.9 Å². The predicted octanol–water partition coefficient (Wildman–Crippen LogP) is 3.53. The van der Waals surface area contributed by atoms with E-state index in [0.29, 0.717) is 20.3 Å². The highest BCUT2D eigenvalue weighted by atomic mass is 79.9. The summed E-state index contributed by atoms with van der Waals surface area (Å²) >= 11 is 9.93. The van der Waals surface area contributed by atoms with Crippen molar-refractivity contribution in [2.24, 2.45) is 0 Å². The van der Waals surface area contributed by atoms with Gasteiger partial charge in [0, 0.05) is 6.07 Å². The van der Waals surface area contributed by atoms with Gasteiger partial charge in [-0.25, -0.2) is 9.97 Å². The molecule has 16 heavy (non-hydrogen) atoms. The second-order valence-electron chi connectivity index (χ2n) is 2.73. The lowest BCUT2D eigenvalue weighted by atomic mass is 10.4. The summed E-state index contributed by atoms with van der Waals surface area (Å²) in [6, 6.07) is 3.03. The molecule has 0 aliphatic heterocycles. The number of halogens is 2. The number of aromatic nitrogens is 2. The van der Waals surface area contributed by atoms with Gasteiger partial charge in [0.2, 0.25) is 0 Å². The maximum Gasteiger partial charge on any atom is 0.324 e. The van der Waals surface area contributed by atoms with Gasteiger partial charge in [0.25, 0.3) is 0 Å². The average molecular weight is 321 g/mol. The summed E-state index contributed by atoms with van der Waals surface area (Å²) in [6.07, 6.45) is 1.44. The summed E-state index contributed by atoms with van der Waals surface area (Å²) in [7, 11) is 0. The molecule has 0 unspecified atom stereocenters. The van der Waals surface area contributed by atoms with E-state index in [1.54, 1.807) is 6.07 Å². The molecule has 0 spiro atoms. The number of hydrogen-bond donors (Lipinski definition) is 0. The highest BCUT2D eigenvalue weighted by Crippen LogP contribution is 2.31. The van der Waals surface area contributed by atoms with Crippen molar-refractivity contribution in [3.05, 3.63) is 38.1 Å². The topological polar surface area (TPSA) is 68.9 Å². The van der Waals surface area contributed by atoms with Crippen molar-refractivity contribution in [1.82, 2.24) is 9.97 Å². The van der Waals surface area contributed by atoms with Gasteiger partial charge < -0.3 is 0 Å². The predicted molar refractivity (Wildman–Crippen MR) is 64.7 cm³/mol. The Bertz CT molecular complexity index is 560. The number of thiophene rings is 1. The molecule has 0 radical (unpaired) electrons. The van der Waals surface area contributed by atoms with Gasteiger partial charge in [0.1, 0.15) is 4.60 Å². The molecule has 82 valence electrons. The fourth-order valence-electron chi connectivity index (χ4n) is 1.01. The van der Waals surface area contributed by atoms with Crippen molar-refractivity contribution < 1.29 is 4.92 Å². The Hall–Kier alpha value is -1.05. The lowest BCUT2D eigenvalue weighted by molar-refractivity contribution is -0.380. The Labute approximate surface area is 107 Å². The first-order valence-electron chi connectivity index (χ1n) is 4.00. The van der Waals surface area contributed by atoms with Crippen molar-refractivity contribution in [3.63, 3.8) is 0 Å². The van der Waals surface area contributed by atoms with E-state index in [4.69, 9.17) is 11.6 Å². The summed E-state index contributed by atoms with van der Waals surface area (Å²) in [4.78, 5) is 18.8. The fourth-order valence-corrected chi connectivity index (χ4v) is 2.13. The van der Waals surface area contributed by atoms with Gasteiger partial charge >= 0.3 is 5.00 Å². The zero-order valence-corrected chi connectivity index (χ0v) is 10.7. The molecule has 0 saturated carbocycles. The standard InChI is InChI=1S/C8H3BrClN3O2S/c9-7-4(10)3-11-8(12-7)5-1-2-6(16-5)13(14)15/h1-3H. The van der Waals surface area contributed by atoms with Crippen LogP contribution in [0.4, 0.5) is 5.00 Å². The Kier molecular flexibility index (Phi) is 3.17. The third kappa shape index (κ3) is 2.21. The number of nitro groups is 1. The van der Waals surface area contributed by atoms with Crippen molar-refractivity contribution in [1.29, 1.82) is 0 Å². The highest BCUT2D eigenvalue weighted by molar-refractivity contribution is 9.10. The number of hydrogen-bond acceptors (Lipinski definition) is 5. The Morgan fingerprint density at radius 2 is 2.25 bits per heavy atom. The Balaban J connectivity index is 2.42.